The minimum atomic E-state index is -1.10. The fourth-order valence-electron chi connectivity index (χ4n) is 3.10. The van der Waals surface area contributed by atoms with Crippen LogP contribution in [0, 0.1) is 0 Å². The van der Waals surface area contributed by atoms with E-state index < -0.39 is 17.9 Å². The van der Waals surface area contributed by atoms with Crippen molar-refractivity contribution >= 4 is 35.1 Å². The van der Waals surface area contributed by atoms with Crippen LogP contribution in [0.5, 0.6) is 0 Å². The molecule has 0 aliphatic heterocycles. The Balaban J connectivity index is 1.85. The van der Waals surface area contributed by atoms with Gasteiger partial charge in [0.2, 0.25) is 0 Å². The molecule has 0 aliphatic rings. The third-order valence-electron chi connectivity index (χ3n) is 4.67. The number of carboxylic acids is 3. The van der Waals surface area contributed by atoms with Gasteiger partial charge in [-0.1, -0.05) is 12.1 Å². The smallest absolute Gasteiger partial charge is 0.337 e. The molecule has 31 heavy (non-hydrogen) atoms. The number of benzene rings is 2. The van der Waals surface area contributed by atoms with Crippen LogP contribution in [0.4, 0.5) is 11.5 Å². The first-order chi connectivity index (χ1) is 14.8. The zero-order valence-electron chi connectivity index (χ0n) is 15.8. The highest BCUT2D eigenvalue weighted by Gasteiger charge is 2.17. The molecule has 0 amide bonds. The van der Waals surface area contributed by atoms with Gasteiger partial charge in [-0.2, -0.15) is 0 Å². The minimum Gasteiger partial charge on any atom is -0.478 e. The average molecular weight is 417 g/mol. The predicted molar refractivity (Wildman–Crippen MR) is 111 cm³/mol. The van der Waals surface area contributed by atoms with Crippen molar-refractivity contribution in [3.63, 3.8) is 0 Å². The molecule has 4 aromatic rings. The molecule has 9 nitrogen and oxygen atoms in total. The molecular formula is C22H15N3O6. The van der Waals surface area contributed by atoms with Crippen LogP contribution in [-0.4, -0.2) is 42.6 Å². The van der Waals surface area contributed by atoms with Crippen molar-refractivity contribution in [3.05, 3.63) is 83.6 Å². The third-order valence-corrected chi connectivity index (χ3v) is 4.67. The summed E-state index contributed by atoms with van der Waals surface area (Å²) in [6.45, 7) is 0. The first-order valence-corrected chi connectivity index (χ1v) is 9.03. The number of aromatic carboxylic acids is 3. The molecule has 0 spiro atoms. The Labute approximate surface area is 174 Å². The van der Waals surface area contributed by atoms with Crippen molar-refractivity contribution in [2.24, 2.45) is 0 Å². The maximum Gasteiger partial charge on any atom is 0.337 e. The van der Waals surface area contributed by atoms with Crippen molar-refractivity contribution < 1.29 is 29.7 Å². The molecule has 2 heterocycles. The molecule has 0 radical (unpaired) electrons. The number of fused-ring (bicyclic) bond motifs is 1. The Morgan fingerprint density at radius 2 is 1.23 bits per heavy atom. The molecule has 0 saturated heterocycles. The molecule has 0 fully saturated rings. The summed E-state index contributed by atoms with van der Waals surface area (Å²) in [5.41, 5.74) is 2.45. The zero-order chi connectivity index (χ0) is 22.1. The molecule has 0 aliphatic carbocycles. The second-order valence-corrected chi connectivity index (χ2v) is 6.65. The van der Waals surface area contributed by atoms with Gasteiger partial charge in [-0.05, 0) is 48.5 Å². The van der Waals surface area contributed by atoms with Gasteiger partial charge in [-0.3, -0.25) is 4.40 Å². The number of rotatable bonds is 6. The molecule has 9 heteroatoms. The molecule has 0 unspecified atom stereocenters. The summed E-state index contributed by atoms with van der Waals surface area (Å²) in [4.78, 5) is 38.2. The number of nitrogens with zero attached hydrogens (tertiary/aromatic N) is 2. The summed E-state index contributed by atoms with van der Waals surface area (Å²) in [5.74, 6) is -2.75. The molecule has 4 rings (SSSR count). The minimum absolute atomic E-state index is 0.0574. The Kier molecular flexibility index (Phi) is 4.84. The number of pyridine rings is 1. The number of anilines is 2. The van der Waals surface area contributed by atoms with Crippen LogP contribution in [0.3, 0.4) is 0 Å². The largest absolute Gasteiger partial charge is 0.478 e. The van der Waals surface area contributed by atoms with Gasteiger partial charge in [0.05, 0.1) is 16.7 Å². The second-order valence-electron chi connectivity index (χ2n) is 6.65. The van der Waals surface area contributed by atoms with Crippen LogP contribution in [0.2, 0.25) is 0 Å². The number of hydrogen-bond donors (Lipinski definition) is 4. The van der Waals surface area contributed by atoms with E-state index in [4.69, 9.17) is 10.2 Å². The Morgan fingerprint density at radius 1 is 0.710 bits per heavy atom. The number of carbonyl (C=O) groups is 3. The van der Waals surface area contributed by atoms with E-state index >= 15 is 0 Å². The van der Waals surface area contributed by atoms with Crippen LogP contribution in [0.25, 0.3) is 16.9 Å². The second kappa shape index (κ2) is 7.64. The lowest BCUT2D eigenvalue weighted by Crippen LogP contribution is -2.02. The maximum absolute atomic E-state index is 11.4. The van der Waals surface area contributed by atoms with E-state index in [1.165, 1.54) is 36.5 Å². The number of hydrogen-bond acceptors (Lipinski definition) is 5. The quantitative estimate of drug-likeness (QED) is 0.371. The highest BCUT2D eigenvalue weighted by atomic mass is 16.4. The van der Waals surface area contributed by atoms with Crippen molar-refractivity contribution in [2.45, 2.75) is 0 Å². The Bertz CT molecular complexity index is 1320. The Morgan fingerprint density at radius 3 is 1.77 bits per heavy atom. The standard InChI is InChI=1S/C22H15N3O6/c26-20(27)13-3-1-12(2-4-13)18-19(23-16-8-5-14(6-9-16)21(28)29)25-11-15(22(30)31)7-10-17(25)24-18/h1-11,23H,(H,26,27)(H,28,29)(H,30,31). The fourth-order valence-corrected chi connectivity index (χ4v) is 3.10. The fraction of sp³-hybridized carbons (Fsp3) is 0. The van der Waals surface area contributed by atoms with E-state index in [0.717, 1.165) is 0 Å². The summed E-state index contributed by atoms with van der Waals surface area (Å²) in [6.07, 6.45) is 1.42. The van der Waals surface area contributed by atoms with Crippen LogP contribution in [-0.2, 0) is 0 Å². The van der Waals surface area contributed by atoms with Crippen molar-refractivity contribution in [3.8, 4) is 11.3 Å². The molecule has 4 N–H and O–H groups in total. The van der Waals surface area contributed by atoms with Gasteiger partial charge in [-0.15, -0.1) is 0 Å². The van der Waals surface area contributed by atoms with Gasteiger partial charge in [0.15, 0.2) is 0 Å². The number of aromatic nitrogens is 2. The van der Waals surface area contributed by atoms with Crippen LogP contribution in [0.1, 0.15) is 31.1 Å². The summed E-state index contributed by atoms with van der Waals surface area (Å²) < 4.78 is 1.58. The zero-order valence-corrected chi connectivity index (χ0v) is 15.8. The maximum atomic E-state index is 11.4. The van der Waals surface area contributed by atoms with Crippen LogP contribution < -0.4 is 5.32 Å². The highest BCUT2D eigenvalue weighted by molar-refractivity contribution is 5.91. The summed E-state index contributed by atoms with van der Waals surface area (Å²) in [6, 6.07) is 15.2. The van der Waals surface area contributed by atoms with Gasteiger partial charge in [0.1, 0.15) is 17.2 Å². The molecule has 2 aromatic heterocycles. The van der Waals surface area contributed by atoms with E-state index in [0.29, 0.717) is 28.4 Å². The van der Waals surface area contributed by atoms with Crippen molar-refractivity contribution in [2.75, 3.05) is 5.32 Å². The van der Waals surface area contributed by atoms with Gasteiger partial charge in [0.25, 0.3) is 0 Å². The number of imidazole rings is 1. The number of nitrogens with one attached hydrogen (secondary N) is 1. The first-order valence-electron chi connectivity index (χ1n) is 9.03. The predicted octanol–water partition coefficient (Wildman–Crippen LogP) is 3.84. The van der Waals surface area contributed by atoms with E-state index in [9.17, 15) is 19.5 Å². The lowest BCUT2D eigenvalue weighted by atomic mass is 10.1. The lowest BCUT2D eigenvalue weighted by molar-refractivity contribution is 0.0685. The monoisotopic (exact) mass is 417 g/mol. The molecule has 2 aromatic carbocycles. The van der Waals surface area contributed by atoms with Gasteiger partial charge < -0.3 is 20.6 Å². The van der Waals surface area contributed by atoms with Gasteiger partial charge in [0, 0.05) is 17.4 Å². The molecule has 0 saturated carbocycles. The summed E-state index contributed by atoms with van der Waals surface area (Å²) in [5, 5.41) is 30.7. The summed E-state index contributed by atoms with van der Waals surface area (Å²) >= 11 is 0. The average Bonchev–Trinajstić information content (AvgIpc) is 3.11. The van der Waals surface area contributed by atoms with E-state index in [2.05, 4.69) is 10.3 Å². The van der Waals surface area contributed by atoms with E-state index in [1.54, 1.807) is 34.7 Å². The summed E-state index contributed by atoms with van der Waals surface area (Å²) in [7, 11) is 0. The molecular weight excluding hydrogens is 402 g/mol. The lowest BCUT2D eigenvalue weighted by Gasteiger charge is -2.10. The first kappa shape index (κ1) is 19.6. The van der Waals surface area contributed by atoms with Crippen LogP contribution in [0.15, 0.2) is 66.9 Å². The Hall–Kier alpha value is -4.66. The van der Waals surface area contributed by atoms with Crippen molar-refractivity contribution in [1.29, 1.82) is 0 Å². The normalized spacial score (nSPS) is 10.7. The van der Waals surface area contributed by atoms with Gasteiger partial charge >= 0.3 is 17.9 Å². The number of carboxylic acid groups (broad SMARTS) is 3. The van der Waals surface area contributed by atoms with E-state index in [-0.39, 0.29) is 16.7 Å². The molecule has 154 valence electrons. The van der Waals surface area contributed by atoms with Crippen molar-refractivity contribution in [1.82, 2.24) is 9.38 Å². The van der Waals surface area contributed by atoms with E-state index in [1.807, 2.05) is 0 Å². The third kappa shape index (κ3) is 3.79. The molecule has 0 bridgehead atoms. The highest BCUT2D eigenvalue weighted by Crippen LogP contribution is 2.32. The van der Waals surface area contributed by atoms with Gasteiger partial charge in [-0.25, -0.2) is 19.4 Å². The van der Waals surface area contributed by atoms with Crippen LogP contribution >= 0.6 is 0 Å². The SMILES string of the molecule is O=C(O)c1ccc(Nc2c(-c3ccc(C(=O)O)cc3)nc3ccc(C(=O)O)cn23)cc1. The topological polar surface area (TPSA) is 141 Å². The molecule has 0 atom stereocenters.